The average molecular weight is 272 g/mol. The summed E-state index contributed by atoms with van der Waals surface area (Å²) >= 11 is 0. The predicted octanol–water partition coefficient (Wildman–Crippen LogP) is 2.42. The summed E-state index contributed by atoms with van der Waals surface area (Å²) < 4.78 is 0. The van der Waals surface area contributed by atoms with Crippen LogP contribution in [0.1, 0.15) is 32.3 Å². The normalized spacial score (nSPS) is 32.7. The molecule has 0 spiro atoms. The van der Waals surface area contributed by atoms with Crippen molar-refractivity contribution < 1.29 is 4.79 Å². The summed E-state index contributed by atoms with van der Waals surface area (Å²) in [7, 11) is 0. The summed E-state index contributed by atoms with van der Waals surface area (Å²) in [4.78, 5) is 14.7. The second-order valence-electron chi connectivity index (χ2n) is 6.30. The van der Waals surface area contributed by atoms with E-state index in [1.807, 2.05) is 18.2 Å². The first-order valence-corrected chi connectivity index (χ1v) is 7.79. The Balaban J connectivity index is 1.66. The highest BCUT2D eigenvalue weighted by atomic mass is 16.2. The molecule has 2 aliphatic rings. The van der Waals surface area contributed by atoms with Gasteiger partial charge in [0.25, 0.3) is 0 Å². The Bertz CT molecular complexity index is 473. The SMILES string of the molecule is CCC1NC(Cc2ccccc2)C(=O)N1CC1CC1C. The van der Waals surface area contributed by atoms with Crippen molar-refractivity contribution in [2.45, 2.75) is 45.3 Å². The standard InChI is InChI=1S/C17H24N2O/c1-3-16-18-15(10-13-7-5-4-6-8-13)17(20)19(16)11-14-9-12(14)2/h4-8,12,14-16,18H,3,9-11H2,1-2H3. The Morgan fingerprint density at radius 2 is 2.00 bits per heavy atom. The van der Waals surface area contributed by atoms with Crippen molar-refractivity contribution in [2.75, 3.05) is 6.54 Å². The fourth-order valence-corrected chi connectivity index (χ4v) is 3.20. The highest BCUT2D eigenvalue weighted by Crippen LogP contribution is 2.39. The lowest BCUT2D eigenvalue weighted by molar-refractivity contribution is -0.130. The fourth-order valence-electron chi connectivity index (χ4n) is 3.20. The van der Waals surface area contributed by atoms with Crippen molar-refractivity contribution in [2.24, 2.45) is 11.8 Å². The molecular formula is C17H24N2O. The molecule has 0 aromatic heterocycles. The monoisotopic (exact) mass is 272 g/mol. The first-order chi connectivity index (χ1) is 9.69. The van der Waals surface area contributed by atoms with Gasteiger partial charge in [0.15, 0.2) is 0 Å². The summed E-state index contributed by atoms with van der Waals surface area (Å²) in [5, 5.41) is 3.51. The van der Waals surface area contributed by atoms with E-state index in [0.717, 1.165) is 31.2 Å². The molecule has 1 saturated carbocycles. The Hall–Kier alpha value is -1.35. The fraction of sp³-hybridized carbons (Fsp3) is 0.588. The first-order valence-electron chi connectivity index (χ1n) is 7.79. The molecule has 1 heterocycles. The van der Waals surface area contributed by atoms with E-state index in [1.54, 1.807) is 0 Å². The highest BCUT2D eigenvalue weighted by Gasteiger charge is 2.42. The van der Waals surface area contributed by atoms with Crippen molar-refractivity contribution in [1.82, 2.24) is 10.2 Å². The highest BCUT2D eigenvalue weighted by molar-refractivity contribution is 5.84. The smallest absolute Gasteiger partial charge is 0.241 e. The molecule has 3 heteroatoms. The van der Waals surface area contributed by atoms with E-state index in [9.17, 15) is 4.79 Å². The van der Waals surface area contributed by atoms with Crippen LogP contribution in [0.5, 0.6) is 0 Å². The van der Waals surface area contributed by atoms with E-state index >= 15 is 0 Å². The zero-order valence-corrected chi connectivity index (χ0v) is 12.4. The van der Waals surface area contributed by atoms with Gasteiger partial charge >= 0.3 is 0 Å². The zero-order chi connectivity index (χ0) is 14.1. The molecule has 1 N–H and O–H groups in total. The summed E-state index contributed by atoms with van der Waals surface area (Å²) in [5.74, 6) is 1.82. The molecule has 1 saturated heterocycles. The molecule has 3 rings (SSSR count). The maximum atomic E-state index is 12.6. The number of benzene rings is 1. The third-order valence-corrected chi connectivity index (χ3v) is 4.73. The molecule has 4 atom stereocenters. The molecule has 0 radical (unpaired) electrons. The van der Waals surface area contributed by atoms with Gasteiger partial charge < -0.3 is 4.90 Å². The van der Waals surface area contributed by atoms with Gasteiger partial charge in [-0.15, -0.1) is 0 Å². The third kappa shape index (κ3) is 2.73. The van der Waals surface area contributed by atoms with Crippen LogP contribution < -0.4 is 5.32 Å². The molecule has 2 fully saturated rings. The number of nitrogens with one attached hydrogen (secondary N) is 1. The molecule has 0 bridgehead atoms. The van der Waals surface area contributed by atoms with Gasteiger partial charge in [0, 0.05) is 6.54 Å². The Kier molecular flexibility index (Phi) is 3.79. The van der Waals surface area contributed by atoms with E-state index in [-0.39, 0.29) is 12.2 Å². The van der Waals surface area contributed by atoms with Crippen molar-refractivity contribution in [3.8, 4) is 0 Å². The number of hydrogen-bond donors (Lipinski definition) is 1. The number of rotatable bonds is 5. The number of hydrogen-bond acceptors (Lipinski definition) is 2. The van der Waals surface area contributed by atoms with Gasteiger partial charge in [-0.2, -0.15) is 0 Å². The number of nitrogens with zero attached hydrogens (tertiary/aromatic N) is 1. The van der Waals surface area contributed by atoms with Crippen LogP contribution in [0.2, 0.25) is 0 Å². The Labute approximate surface area is 121 Å². The molecule has 4 unspecified atom stereocenters. The maximum absolute atomic E-state index is 12.6. The van der Waals surface area contributed by atoms with Gasteiger partial charge in [-0.25, -0.2) is 0 Å². The lowest BCUT2D eigenvalue weighted by Gasteiger charge is -2.23. The quantitative estimate of drug-likeness (QED) is 0.893. The van der Waals surface area contributed by atoms with Crippen molar-refractivity contribution in [1.29, 1.82) is 0 Å². The van der Waals surface area contributed by atoms with Gasteiger partial charge in [0.05, 0.1) is 12.2 Å². The predicted molar refractivity (Wildman–Crippen MR) is 80.1 cm³/mol. The molecule has 3 nitrogen and oxygen atoms in total. The summed E-state index contributed by atoms with van der Waals surface area (Å²) in [5.41, 5.74) is 1.23. The zero-order valence-electron chi connectivity index (χ0n) is 12.4. The summed E-state index contributed by atoms with van der Waals surface area (Å²) in [6.07, 6.45) is 3.29. The third-order valence-electron chi connectivity index (χ3n) is 4.73. The molecule has 20 heavy (non-hydrogen) atoms. The maximum Gasteiger partial charge on any atom is 0.241 e. The molecule has 1 aliphatic heterocycles. The second-order valence-corrected chi connectivity index (χ2v) is 6.30. The van der Waals surface area contributed by atoms with E-state index < -0.39 is 0 Å². The number of amides is 1. The molecule has 1 amide bonds. The van der Waals surface area contributed by atoms with Gasteiger partial charge in [-0.1, -0.05) is 44.2 Å². The van der Waals surface area contributed by atoms with Crippen LogP contribution in [0.25, 0.3) is 0 Å². The van der Waals surface area contributed by atoms with E-state index in [0.29, 0.717) is 5.91 Å². The van der Waals surface area contributed by atoms with Crippen LogP contribution >= 0.6 is 0 Å². The molecule has 108 valence electrons. The van der Waals surface area contributed by atoms with Crippen LogP contribution in [0, 0.1) is 11.8 Å². The largest absolute Gasteiger partial charge is 0.326 e. The minimum Gasteiger partial charge on any atom is -0.326 e. The molecular weight excluding hydrogens is 248 g/mol. The second kappa shape index (κ2) is 5.57. The lowest BCUT2D eigenvalue weighted by Crippen LogP contribution is -2.38. The first kappa shape index (κ1) is 13.6. The topological polar surface area (TPSA) is 32.3 Å². The lowest BCUT2D eigenvalue weighted by atomic mass is 10.1. The molecule has 1 aromatic rings. The van der Waals surface area contributed by atoms with Gasteiger partial charge in [-0.3, -0.25) is 10.1 Å². The van der Waals surface area contributed by atoms with Gasteiger partial charge in [0.1, 0.15) is 0 Å². The molecule has 1 aromatic carbocycles. The van der Waals surface area contributed by atoms with E-state index in [4.69, 9.17) is 0 Å². The number of carbonyl (C=O) groups excluding carboxylic acids is 1. The van der Waals surface area contributed by atoms with Gasteiger partial charge in [-0.05, 0) is 36.7 Å². The summed E-state index contributed by atoms with van der Waals surface area (Å²) in [6.45, 7) is 5.37. The van der Waals surface area contributed by atoms with Crippen LogP contribution in [0.15, 0.2) is 30.3 Å². The average Bonchev–Trinajstić information content (AvgIpc) is 3.08. The van der Waals surface area contributed by atoms with Crippen molar-refractivity contribution in [3.05, 3.63) is 35.9 Å². The van der Waals surface area contributed by atoms with Crippen molar-refractivity contribution in [3.63, 3.8) is 0 Å². The van der Waals surface area contributed by atoms with Crippen LogP contribution in [0.3, 0.4) is 0 Å². The molecule has 1 aliphatic carbocycles. The van der Waals surface area contributed by atoms with Crippen LogP contribution in [-0.4, -0.2) is 29.6 Å². The van der Waals surface area contributed by atoms with Crippen molar-refractivity contribution >= 4 is 5.91 Å². The minimum atomic E-state index is -0.0450. The van der Waals surface area contributed by atoms with Crippen LogP contribution in [-0.2, 0) is 11.2 Å². The number of carbonyl (C=O) groups is 1. The Morgan fingerprint density at radius 3 is 2.60 bits per heavy atom. The van der Waals surface area contributed by atoms with Gasteiger partial charge in [0.2, 0.25) is 5.91 Å². The van der Waals surface area contributed by atoms with E-state index in [1.165, 1.54) is 12.0 Å². The minimum absolute atomic E-state index is 0.0450. The Morgan fingerprint density at radius 1 is 1.30 bits per heavy atom. The van der Waals surface area contributed by atoms with Crippen LogP contribution in [0.4, 0.5) is 0 Å². The summed E-state index contributed by atoms with van der Waals surface area (Å²) in [6, 6.07) is 10.2. The van der Waals surface area contributed by atoms with E-state index in [2.05, 4.69) is 36.2 Å².